The molecule has 2 aromatic heterocycles. The van der Waals surface area contributed by atoms with E-state index in [9.17, 15) is 0 Å². The van der Waals surface area contributed by atoms with Gasteiger partial charge in [0.15, 0.2) is 0 Å². The Morgan fingerprint density at radius 2 is 1.62 bits per heavy atom. The highest BCUT2D eigenvalue weighted by atomic mass is 28.2. The summed E-state index contributed by atoms with van der Waals surface area (Å²) in [4.78, 5) is 13.8. The predicted molar refractivity (Wildman–Crippen MR) is 139 cm³/mol. The van der Waals surface area contributed by atoms with Gasteiger partial charge in [-0.15, -0.1) is 0 Å². The van der Waals surface area contributed by atoms with E-state index in [0.717, 1.165) is 29.3 Å². The lowest BCUT2D eigenvalue weighted by atomic mass is 9.82. The molecule has 0 N–H and O–H groups in total. The Morgan fingerprint density at radius 3 is 2.38 bits per heavy atom. The van der Waals surface area contributed by atoms with Crippen LogP contribution in [0, 0.1) is 5.41 Å². The Labute approximate surface area is 199 Å². The van der Waals surface area contributed by atoms with Crippen LogP contribution in [0.1, 0.15) is 104 Å². The van der Waals surface area contributed by atoms with Crippen LogP contribution in [0.3, 0.4) is 0 Å². The smallest absolute Gasteiger partial charge is 0.221 e. The van der Waals surface area contributed by atoms with Crippen LogP contribution < -0.4 is 4.43 Å². The van der Waals surface area contributed by atoms with Gasteiger partial charge in [0.05, 0.1) is 23.1 Å². The van der Waals surface area contributed by atoms with Gasteiger partial charge in [0, 0.05) is 12.4 Å². The molecule has 5 heteroatoms. The number of pyridine rings is 1. The fourth-order valence-corrected chi connectivity index (χ4v) is 5.19. The van der Waals surface area contributed by atoms with Gasteiger partial charge in [0.25, 0.3) is 0 Å². The molecule has 2 aromatic rings. The second-order valence-electron chi connectivity index (χ2n) is 9.84. The molecule has 0 amide bonds. The maximum absolute atomic E-state index is 6.18. The van der Waals surface area contributed by atoms with Gasteiger partial charge in [-0.05, 0) is 49.3 Å². The molecular formula is C27H45N3OSi. The maximum Gasteiger partial charge on any atom is 0.221 e. The van der Waals surface area contributed by atoms with E-state index in [1.807, 2.05) is 30.7 Å². The van der Waals surface area contributed by atoms with Crippen LogP contribution in [0.2, 0.25) is 6.04 Å². The number of aryl methyl sites for hydroxylation is 1. The molecule has 0 saturated carbocycles. The molecule has 0 aromatic carbocycles. The summed E-state index contributed by atoms with van der Waals surface area (Å²) in [6.45, 7) is 9.35. The zero-order chi connectivity index (χ0) is 23.1. The lowest BCUT2D eigenvalue weighted by Gasteiger charge is -2.24. The van der Waals surface area contributed by atoms with Crippen LogP contribution in [-0.2, 0) is 6.42 Å². The third-order valence-corrected chi connectivity index (χ3v) is 7.50. The van der Waals surface area contributed by atoms with E-state index in [1.54, 1.807) is 0 Å². The first-order valence-electron chi connectivity index (χ1n) is 12.9. The van der Waals surface area contributed by atoms with Gasteiger partial charge in [-0.2, -0.15) is 0 Å². The van der Waals surface area contributed by atoms with Crippen molar-refractivity contribution in [3.8, 4) is 17.1 Å². The van der Waals surface area contributed by atoms with Crippen molar-refractivity contribution in [3.63, 3.8) is 0 Å². The highest BCUT2D eigenvalue weighted by Gasteiger charge is 2.16. The Kier molecular flexibility index (Phi) is 12.5. The summed E-state index contributed by atoms with van der Waals surface area (Å²) in [5.74, 6) is 0.726. The number of hydrogen-bond acceptors (Lipinski definition) is 4. The van der Waals surface area contributed by atoms with E-state index >= 15 is 0 Å². The average Bonchev–Trinajstić information content (AvgIpc) is 2.80. The molecule has 2 heterocycles. The second kappa shape index (κ2) is 15.1. The SMILES string of the molecule is CCCCCCCc1cnc(-c2cccnc2O[SiH2]CCCCC(C)(C)CCCC)cn1. The quantitative estimate of drug-likeness (QED) is 0.185. The molecule has 0 aliphatic rings. The van der Waals surface area contributed by atoms with Gasteiger partial charge in [-0.1, -0.05) is 79.1 Å². The second-order valence-corrected chi connectivity index (χ2v) is 11.2. The molecule has 0 fully saturated rings. The summed E-state index contributed by atoms with van der Waals surface area (Å²) in [6.07, 6.45) is 20.9. The van der Waals surface area contributed by atoms with Crippen LogP contribution in [-0.4, -0.2) is 24.7 Å². The van der Waals surface area contributed by atoms with Crippen molar-refractivity contribution in [1.29, 1.82) is 0 Å². The fourth-order valence-electron chi connectivity index (χ4n) is 4.06. The molecule has 0 aliphatic carbocycles. The summed E-state index contributed by atoms with van der Waals surface area (Å²) < 4.78 is 6.18. The Bertz CT molecular complexity index is 749. The maximum atomic E-state index is 6.18. The van der Waals surface area contributed by atoms with Gasteiger partial charge in [0.1, 0.15) is 0 Å². The van der Waals surface area contributed by atoms with E-state index in [1.165, 1.54) is 76.7 Å². The van der Waals surface area contributed by atoms with Crippen molar-refractivity contribution in [2.45, 2.75) is 111 Å². The molecular weight excluding hydrogens is 410 g/mol. The summed E-state index contributed by atoms with van der Waals surface area (Å²) in [5.41, 5.74) is 3.37. The lowest BCUT2D eigenvalue weighted by molar-refractivity contribution is 0.288. The van der Waals surface area contributed by atoms with E-state index in [-0.39, 0.29) is 0 Å². The first kappa shape index (κ1) is 26.5. The zero-order valence-corrected chi connectivity index (χ0v) is 22.5. The molecule has 2 rings (SSSR count). The van der Waals surface area contributed by atoms with Crippen LogP contribution in [0.15, 0.2) is 30.7 Å². The number of rotatable bonds is 17. The monoisotopic (exact) mass is 455 g/mol. The minimum absolute atomic E-state index is 0.479. The first-order valence-corrected chi connectivity index (χ1v) is 14.5. The molecule has 0 unspecified atom stereocenters. The van der Waals surface area contributed by atoms with E-state index in [4.69, 9.17) is 4.43 Å². The zero-order valence-electron chi connectivity index (χ0n) is 21.0. The van der Waals surface area contributed by atoms with Crippen molar-refractivity contribution in [3.05, 3.63) is 36.4 Å². The number of nitrogens with zero attached hydrogens (tertiary/aromatic N) is 3. The standard InChI is InChI=1S/C27H45N3OSi/c1-5-7-9-10-11-15-23-21-30-25(22-29-23)24-16-14-19-28-26(24)31-32-20-13-12-18-27(3,4)17-8-6-2/h14,16,19,21-22H,5-13,15,17-18,20,32H2,1-4H3. The van der Waals surface area contributed by atoms with E-state index in [0.29, 0.717) is 5.41 Å². The average molecular weight is 456 g/mol. The van der Waals surface area contributed by atoms with Gasteiger partial charge in [-0.3, -0.25) is 9.97 Å². The van der Waals surface area contributed by atoms with Crippen LogP contribution in [0.5, 0.6) is 5.88 Å². The Hall–Kier alpha value is -1.75. The predicted octanol–water partition coefficient (Wildman–Crippen LogP) is 7.32. The molecule has 0 saturated heterocycles. The van der Waals surface area contributed by atoms with Crippen molar-refractivity contribution >= 4 is 9.76 Å². The van der Waals surface area contributed by atoms with Crippen LogP contribution >= 0.6 is 0 Å². The Morgan fingerprint density at radius 1 is 0.844 bits per heavy atom. The van der Waals surface area contributed by atoms with Gasteiger partial charge in [0.2, 0.25) is 15.6 Å². The Balaban J connectivity index is 1.77. The molecule has 0 spiro atoms. The van der Waals surface area contributed by atoms with Gasteiger partial charge < -0.3 is 4.43 Å². The van der Waals surface area contributed by atoms with Crippen molar-refractivity contribution in [2.24, 2.45) is 5.41 Å². The third-order valence-electron chi connectivity index (χ3n) is 6.23. The fraction of sp³-hybridized carbons (Fsp3) is 0.667. The summed E-state index contributed by atoms with van der Waals surface area (Å²) >= 11 is 0. The summed E-state index contributed by atoms with van der Waals surface area (Å²) in [6, 6.07) is 5.19. The summed E-state index contributed by atoms with van der Waals surface area (Å²) in [7, 11) is -0.630. The highest BCUT2D eigenvalue weighted by molar-refractivity contribution is 6.28. The molecule has 178 valence electrons. The number of unbranched alkanes of at least 4 members (excludes halogenated alkanes) is 6. The first-order chi connectivity index (χ1) is 15.6. The molecule has 4 nitrogen and oxygen atoms in total. The van der Waals surface area contributed by atoms with Gasteiger partial charge >= 0.3 is 0 Å². The summed E-state index contributed by atoms with van der Waals surface area (Å²) in [5, 5.41) is 0. The molecule has 32 heavy (non-hydrogen) atoms. The minimum atomic E-state index is -0.630. The minimum Gasteiger partial charge on any atom is -0.536 e. The van der Waals surface area contributed by atoms with E-state index < -0.39 is 9.76 Å². The number of hydrogen-bond donors (Lipinski definition) is 0. The third kappa shape index (κ3) is 10.2. The van der Waals surface area contributed by atoms with Crippen LogP contribution in [0.4, 0.5) is 0 Å². The largest absolute Gasteiger partial charge is 0.536 e. The molecule has 0 aliphatic heterocycles. The lowest BCUT2D eigenvalue weighted by Crippen LogP contribution is -2.11. The van der Waals surface area contributed by atoms with Crippen molar-refractivity contribution in [2.75, 3.05) is 0 Å². The highest BCUT2D eigenvalue weighted by Crippen LogP contribution is 2.30. The normalized spacial score (nSPS) is 12.0. The number of aromatic nitrogens is 3. The van der Waals surface area contributed by atoms with Gasteiger partial charge in [-0.25, -0.2) is 4.98 Å². The molecule has 0 radical (unpaired) electrons. The van der Waals surface area contributed by atoms with E-state index in [2.05, 4.69) is 42.6 Å². The van der Waals surface area contributed by atoms with Crippen molar-refractivity contribution < 1.29 is 4.43 Å². The topological polar surface area (TPSA) is 47.9 Å². The van der Waals surface area contributed by atoms with Crippen LogP contribution in [0.25, 0.3) is 11.3 Å². The molecule has 0 bridgehead atoms. The van der Waals surface area contributed by atoms with Crippen molar-refractivity contribution in [1.82, 2.24) is 15.0 Å². The molecule has 0 atom stereocenters.